The summed E-state index contributed by atoms with van der Waals surface area (Å²) in [6.45, 7) is 2.92. The molecule has 2 N–H and O–H groups in total. The predicted molar refractivity (Wildman–Crippen MR) is 125 cm³/mol. The molecule has 4 aromatic rings. The van der Waals surface area contributed by atoms with E-state index in [4.69, 9.17) is 18.6 Å². The zero-order chi connectivity index (χ0) is 24.4. The topological polar surface area (TPSA) is 120 Å². The lowest BCUT2D eigenvalue weighted by Crippen LogP contribution is -2.21. The molecule has 0 aliphatic rings. The number of H-pyrrole nitrogens is 1. The fourth-order valence-corrected chi connectivity index (χ4v) is 3.91. The molecule has 4 rings (SSSR count). The Labute approximate surface area is 195 Å². The number of fused-ring (bicyclic) bond motifs is 3. The number of para-hydroxylation sites is 1. The first-order valence-corrected chi connectivity index (χ1v) is 10.6. The Bertz CT molecular complexity index is 1410. The number of hydrogen-bond donors (Lipinski definition) is 2. The largest absolute Gasteiger partial charge is 0.495 e. The van der Waals surface area contributed by atoms with E-state index in [-0.39, 0.29) is 5.69 Å². The summed E-state index contributed by atoms with van der Waals surface area (Å²) in [5.41, 5.74) is 3.05. The summed E-state index contributed by atoms with van der Waals surface area (Å²) in [4.78, 5) is 40.1. The Kier molecular flexibility index (Phi) is 6.27. The van der Waals surface area contributed by atoms with E-state index in [2.05, 4.69) is 10.3 Å². The van der Waals surface area contributed by atoms with Crippen molar-refractivity contribution >= 4 is 45.5 Å². The number of rotatable bonds is 7. The average Bonchev–Trinajstić information content (AvgIpc) is 3.38. The van der Waals surface area contributed by atoms with Gasteiger partial charge in [-0.2, -0.15) is 0 Å². The van der Waals surface area contributed by atoms with E-state index in [0.717, 1.165) is 16.4 Å². The number of aromatic nitrogens is 1. The summed E-state index contributed by atoms with van der Waals surface area (Å²) >= 11 is 0. The van der Waals surface area contributed by atoms with E-state index in [0.29, 0.717) is 40.3 Å². The van der Waals surface area contributed by atoms with Crippen LogP contribution in [-0.4, -0.2) is 43.7 Å². The highest BCUT2D eigenvalue weighted by atomic mass is 16.5. The van der Waals surface area contributed by atoms with Crippen LogP contribution in [0.1, 0.15) is 39.0 Å². The number of benzene rings is 2. The second-order valence-electron chi connectivity index (χ2n) is 7.59. The molecule has 2 aromatic carbocycles. The van der Waals surface area contributed by atoms with Crippen molar-refractivity contribution in [1.82, 2.24) is 4.98 Å². The molecule has 0 unspecified atom stereocenters. The lowest BCUT2D eigenvalue weighted by molar-refractivity contribution is -0.119. The fourth-order valence-electron chi connectivity index (χ4n) is 3.91. The molecule has 0 saturated carbocycles. The highest BCUT2D eigenvalue weighted by molar-refractivity contribution is 6.08. The van der Waals surface area contributed by atoms with Crippen LogP contribution in [0.25, 0.3) is 21.9 Å². The number of amides is 1. The van der Waals surface area contributed by atoms with Crippen molar-refractivity contribution in [2.24, 2.45) is 0 Å². The SMILES string of the molecule is CCc1[nH]c(C(=O)OCC(=O)Nc2cc3oc4ccccc4c3cc2OC)c(C)c1C(=O)OC. The maximum atomic E-state index is 12.6. The summed E-state index contributed by atoms with van der Waals surface area (Å²) in [5, 5.41) is 4.48. The maximum absolute atomic E-state index is 12.6. The third-order valence-corrected chi connectivity index (χ3v) is 5.58. The van der Waals surface area contributed by atoms with Gasteiger partial charge in [-0.25, -0.2) is 9.59 Å². The molecule has 0 atom stereocenters. The molecular weight excluding hydrogens is 440 g/mol. The number of aryl methyl sites for hydroxylation is 1. The van der Waals surface area contributed by atoms with Crippen LogP contribution in [0.15, 0.2) is 40.8 Å². The first-order valence-electron chi connectivity index (χ1n) is 10.6. The summed E-state index contributed by atoms with van der Waals surface area (Å²) in [6.07, 6.45) is 0.489. The standard InChI is InChI=1S/C25H24N2O7/c1-5-16-22(24(29)32-4)13(2)23(27-16)25(30)33-12-21(28)26-17-11-19-15(10-20(17)31-3)14-8-6-7-9-18(14)34-19/h6-11,27H,5,12H2,1-4H3,(H,26,28). The Morgan fingerprint density at radius 1 is 1.03 bits per heavy atom. The van der Waals surface area contributed by atoms with Crippen molar-refractivity contribution in [3.63, 3.8) is 0 Å². The number of ether oxygens (including phenoxy) is 3. The van der Waals surface area contributed by atoms with Gasteiger partial charge in [0.2, 0.25) is 0 Å². The molecule has 0 aliphatic carbocycles. The lowest BCUT2D eigenvalue weighted by atomic mass is 10.1. The molecule has 0 spiro atoms. The summed E-state index contributed by atoms with van der Waals surface area (Å²) in [5.74, 6) is -1.42. The van der Waals surface area contributed by atoms with Crippen LogP contribution in [0.3, 0.4) is 0 Å². The van der Waals surface area contributed by atoms with Gasteiger partial charge in [0, 0.05) is 22.5 Å². The molecule has 2 heterocycles. The van der Waals surface area contributed by atoms with E-state index >= 15 is 0 Å². The molecule has 9 heteroatoms. The number of hydrogen-bond acceptors (Lipinski definition) is 7. The molecule has 0 saturated heterocycles. The van der Waals surface area contributed by atoms with Crippen molar-refractivity contribution in [2.45, 2.75) is 20.3 Å². The van der Waals surface area contributed by atoms with Crippen molar-refractivity contribution in [3.05, 3.63) is 58.9 Å². The van der Waals surface area contributed by atoms with Crippen LogP contribution in [0.2, 0.25) is 0 Å². The molecule has 0 radical (unpaired) electrons. The molecule has 1 amide bonds. The highest BCUT2D eigenvalue weighted by Crippen LogP contribution is 2.36. The Balaban J connectivity index is 1.50. The van der Waals surface area contributed by atoms with Gasteiger partial charge < -0.3 is 28.9 Å². The van der Waals surface area contributed by atoms with Crippen molar-refractivity contribution in [3.8, 4) is 5.75 Å². The number of furan rings is 1. The van der Waals surface area contributed by atoms with E-state index in [1.807, 2.05) is 31.2 Å². The van der Waals surface area contributed by atoms with Gasteiger partial charge >= 0.3 is 11.9 Å². The van der Waals surface area contributed by atoms with E-state index in [9.17, 15) is 14.4 Å². The molecule has 0 fully saturated rings. The third kappa shape index (κ3) is 4.07. The van der Waals surface area contributed by atoms with Gasteiger partial charge in [-0.15, -0.1) is 0 Å². The van der Waals surface area contributed by atoms with Gasteiger partial charge in [-0.1, -0.05) is 25.1 Å². The smallest absolute Gasteiger partial charge is 0.355 e. The second kappa shape index (κ2) is 9.30. The van der Waals surface area contributed by atoms with Crippen LogP contribution in [0, 0.1) is 6.92 Å². The monoisotopic (exact) mass is 464 g/mol. The minimum absolute atomic E-state index is 0.103. The maximum Gasteiger partial charge on any atom is 0.355 e. The van der Waals surface area contributed by atoms with Crippen LogP contribution < -0.4 is 10.1 Å². The summed E-state index contributed by atoms with van der Waals surface area (Å²) < 4.78 is 21.3. The molecular formula is C25H24N2O7. The number of carbonyl (C=O) groups excluding carboxylic acids is 3. The molecule has 34 heavy (non-hydrogen) atoms. The Morgan fingerprint density at radius 3 is 2.50 bits per heavy atom. The Hall–Kier alpha value is -4.27. The first-order chi connectivity index (χ1) is 16.4. The number of esters is 2. The van der Waals surface area contributed by atoms with Crippen molar-refractivity contribution in [2.75, 3.05) is 26.1 Å². The van der Waals surface area contributed by atoms with Crippen LogP contribution >= 0.6 is 0 Å². The highest BCUT2D eigenvalue weighted by Gasteiger charge is 2.25. The molecule has 176 valence electrons. The van der Waals surface area contributed by atoms with Crippen LogP contribution in [0.5, 0.6) is 5.75 Å². The Morgan fingerprint density at radius 2 is 1.79 bits per heavy atom. The van der Waals surface area contributed by atoms with Crippen LogP contribution in [-0.2, 0) is 20.7 Å². The lowest BCUT2D eigenvalue weighted by Gasteiger charge is -2.10. The predicted octanol–water partition coefficient (Wildman–Crippen LogP) is 4.38. The summed E-state index contributed by atoms with van der Waals surface area (Å²) in [6, 6.07) is 11.0. The molecule has 9 nitrogen and oxygen atoms in total. The minimum Gasteiger partial charge on any atom is -0.495 e. The van der Waals surface area contributed by atoms with Crippen molar-refractivity contribution in [1.29, 1.82) is 0 Å². The first kappa shape index (κ1) is 22.9. The quantitative estimate of drug-likeness (QED) is 0.390. The number of carbonyl (C=O) groups is 3. The van der Waals surface area contributed by atoms with Gasteiger partial charge in [0.05, 0.1) is 25.5 Å². The average molecular weight is 464 g/mol. The van der Waals surface area contributed by atoms with Crippen LogP contribution in [0.4, 0.5) is 5.69 Å². The third-order valence-electron chi connectivity index (χ3n) is 5.58. The van der Waals surface area contributed by atoms with E-state index in [1.54, 1.807) is 19.1 Å². The summed E-state index contributed by atoms with van der Waals surface area (Å²) in [7, 11) is 2.77. The van der Waals surface area contributed by atoms with Gasteiger partial charge in [0.15, 0.2) is 6.61 Å². The normalized spacial score (nSPS) is 10.9. The molecule has 2 aromatic heterocycles. The van der Waals surface area contributed by atoms with Gasteiger partial charge in [0.1, 0.15) is 22.6 Å². The minimum atomic E-state index is -0.753. The number of anilines is 1. The van der Waals surface area contributed by atoms with Crippen molar-refractivity contribution < 1.29 is 33.0 Å². The van der Waals surface area contributed by atoms with E-state index in [1.165, 1.54) is 14.2 Å². The zero-order valence-corrected chi connectivity index (χ0v) is 19.2. The zero-order valence-electron chi connectivity index (χ0n) is 19.2. The molecule has 0 bridgehead atoms. The van der Waals surface area contributed by atoms with Gasteiger partial charge in [-0.3, -0.25) is 4.79 Å². The number of nitrogens with one attached hydrogen (secondary N) is 2. The number of aromatic amines is 1. The van der Waals surface area contributed by atoms with Gasteiger partial charge in [-0.05, 0) is 31.0 Å². The number of methoxy groups -OCH3 is 2. The molecule has 0 aliphatic heterocycles. The van der Waals surface area contributed by atoms with E-state index < -0.39 is 24.5 Å². The second-order valence-corrected chi connectivity index (χ2v) is 7.59. The fraction of sp³-hybridized carbons (Fsp3) is 0.240. The van der Waals surface area contributed by atoms with Gasteiger partial charge in [0.25, 0.3) is 5.91 Å².